The molecule has 0 aliphatic heterocycles. The van der Waals surface area contributed by atoms with Gasteiger partial charge in [-0.25, -0.2) is 0 Å². The average Bonchev–Trinajstić information content (AvgIpc) is 3.14. The molecule has 1 atom stereocenters. The van der Waals surface area contributed by atoms with Gasteiger partial charge in [0.15, 0.2) is 5.75 Å². The van der Waals surface area contributed by atoms with Crippen molar-refractivity contribution in [3.05, 3.63) is 28.5 Å². The Hall–Kier alpha value is -2.35. The normalized spacial score (nSPS) is 12.9. The van der Waals surface area contributed by atoms with E-state index < -0.39 is 0 Å². The molecular weight excluding hydrogens is 326 g/mol. The molecule has 3 heterocycles. The number of hydrogen-bond acceptors (Lipinski definition) is 5. The van der Waals surface area contributed by atoms with Crippen LogP contribution >= 0.6 is 11.3 Å². The van der Waals surface area contributed by atoms with Crippen LogP contribution in [0.1, 0.15) is 53.8 Å². The number of amides is 1. The van der Waals surface area contributed by atoms with Gasteiger partial charge < -0.3 is 10.4 Å². The summed E-state index contributed by atoms with van der Waals surface area (Å²) < 4.78 is 3.34. The van der Waals surface area contributed by atoms with Crippen molar-refractivity contribution in [2.75, 3.05) is 0 Å². The van der Waals surface area contributed by atoms with E-state index in [0.29, 0.717) is 16.5 Å². The van der Waals surface area contributed by atoms with Gasteiger partial charge in [0.25, 0.3) is 5.91 Å². The number of carbonyl (C=O) groups is 1. The van der Waals surface area contributed by atoms with Crippen LogP contribution in [0.25, 0.3) is 10.2 Å². The number of nitrogens with one attached hydrogen (secondary N) is 1. The lowest BCUT2D eigenvalue weighted by Crippen LogP contribution is -2.26. The third-order valence-electron chi connectivity index (χ3n) is 3.91. The minimum Gasteiger partial charge on any atom is -0.504 e. The quantitative estimate of drug-likeness (QED) is 0.760. The molecule has 1 unspecified atom stereocenters. The van der Waals surface area contributed by atoms with Crippen LogP contribution < -0.4 is 5.32 Å². The van der Waals surface area contributed by atoms with E-state index in [0.717, 1.165) is 15.9 Å². The molecule has 0 spiro atoms. The molecule has 0 aliphatic rings. The number of thiophene rings is 1. The summed E-state index contributed by atoms with van der Waals surface area (Å²) >= 11 is 1.42. The van der Waals surface area contributed by atoms with Crippen molar-refractivity contribution in [3.8, 4) is 5.75 Å². The highest BCUT2D eigenvalue weighted by atomic mass is 32.1. The van der Waals surface area contributed by atoms with Crippen LogP contribution in [-0.2, 0) is 14.1 Å². The van der Waals surface area contributed by atoms with Crippen molar-refractivity contribution in [1.82, 2.24) is 24.9 Å². The van der Waals surface area contributed by atoms with Crippen LogP contribution in [0.15, 0.2) is 12.3 Å². The first kappa shape index (κ1) is 16.5. The standard InChI is InChI=1S/C16H21N5O2S/c1-8(2)13-10-6-12(24-16(10)21(5)19-13)15(23)17-9(3)14-11(22)7-20(4)18-14/h6-9,22H,1-5H3,(H,17,23). The van der Waals surface area contributed by atoms with E-state index in [1.54, 1.807) is 14.0 Å². The van der Waals surface area contributed by atoms with E-state index in [9.17, 15) is 9.90 Å². The highest BCUT2D eigenvalue weighted by molar-refractivity contribution is 7.20. The van der Waals surface area contributed by atoms with Gasteiger partial charge in [0.1, 0.15) is 10.5 Å². The van der Waals surface area contributed by atoms with Gasteiger partial charge in [0.2, 0.25) is 0 Å². The van der Waals surface area contributed by atoms with Crippen LogP contribution in [0, 0.1) is 0 Å². The van der Waals surface area contributed by atoms with Crippen LogP contribution in [0.3, 0.4) is 0 Å². The SMILES string of the molecule is CC(C)c1nn(C)c2sc(C(=O)NC(C)c3nn(C)cc3O)cc12. The maximum absolute atomic E-state index is 12.6. The van der Waals surface area contributed by atoms with Gasteiger partial charge in [-0.1, -0.05) is 13.8 Å². The molecule has 0 aromatic carbocycles. The third-order valence-corrected chi connectivity index (χ3v) is 5.11. The molecular formula is C16H21N5O2S. The molecule has 3 aromatic heterocycles. The van der Waals surface area contributed by atoms with Gasteiger partial charge >= 0.3 is 0 Å². The fraction of sp³-hybridized carbons (Fsp3) is 0.438. The molecule has 0 bridgehead atoms. The fourth-order valence-corrected chi connectivity index (χ4v) is 3.73. The molecule has 0 aliphatic carbocycles. The zero-order chi connectivity index (χ0) is 17.6. The zero-order valence-electron chi connectivity index (χ0n) is 14.4. The van der Waals surface area contributed by atoms with Crippen LogP contribution in [0.4, 0.5) is 0 Å². The maximum atomic E-state index is 12.6. The molecule has 0 radical (unpaired) electrons. The zero-order valence-corrected chi connectivity index (χ0v) is 15.2. The van der Waals surface area contributed by atoms with Crippen LogP contribution in [0.2, 0.25) is 0 Å². The number of carbonyl (C=O) groups excluding carboxylic acids is 1. The number of hydrogen-bond donors (Lipinski definition) is 2. The summed E-state index contributed by atoms with van der Waals surface area (Å²) in [7, 11) is 3.62. The Kier molecular flexibility index (Phi) is 4.08. The van der Waals surface area contributed by atoms with Gasteiger partial charge in [0, 0.05) is 19.5 Å². The van der Waals surface area contributed by atoms with Gasteiger partial charge in [-0.15, -0.1) is 11.3 Å². The predicted molar refractivity (Wildman–Crippen MR) is 93.4 cm³/mol. The molecule has 128 valence electrons. The molecule has 0 fully saturated rings. The second-order valence-corrected chi connectivity index (χ2v) is 7.29. The lowest BCUT2D eigenvalue weighted by Gasteiger charge is -2.11. The molecule has 0 saturated heterocycles. The number of rotatable bonds is 4. The monoisotopic (exact) mass is 347 g/mol. The molecule has 8 heteroatoms. The summed E-state index contributed by atoms with van der Waals surface area (Å²) in [6.07, 6.45) is 1.51. The Bertz CT molecular complexity index is 905. The van der Waals surface area contributed by atoms with Crippen molar-refractivity contribution in [2.24, 2.45) is 14.1 Å². The van der Waals surface area contributed by atoms with Gasteiger partial charge in [-0.2, -0.15) is 10.2 Å². The minimum atomic E-state index is -0.383. The van der Waals surface area contributed by atoms with E-state index >= 15 is 0 Å². The highest BCUT2D eigenvalue weighted by Gasteiger charge is 2.21. The summed E-state index contributed by atoms with van der Waals surface area (Å²) in [4.78, 5) is 14.2. The molecule has 3 rings (SSSR count). The number of aryl methyl sites for hydroxylation is 2. The van der Waals surface area contributed by atoms with Gasteiger partial charge in [0.05, 0.1) is 22.8 Å². The largest absolute Gasteiger partial charge is 0.504 e. The van der Waals surface area contributed by atoms with E-state index in [2.05, 4.69) is 29.4 Å². The van der Waals surface area contributed by atoms with Crippen LogP contribution in [-0.4, -0.2) is 30.6 Å². The van der Waals surface area contributed by atoms with E-state index in [1.807, 2.05) is 17.8 Å². The summed E-state index contributed by atoms with van der Waals surface area (Å²) in [5, 5.41) is 22.5. The molecule has 24 heavy (non-hydrogen) atoms. The maximum Gasteiger partial charge on any atom is 0.261 e. The lowest BCUT2D eigenvalue weighted by molar-refractivity contribution is 0.0943. The van der Waals surface area contributed by atoms with E-state index in [-0.39, 0.29) is 17.7 Å². The Balaban J connectivity index is 1.86. The minimum absolute atomic E-state index is 0.0768. The average molecular weight is 347 g/mol. The molecule has 0 saturated carbocycles. The molecule has 1 amide bonds. The Morgan fingerprint density at radius 1 is 1.25 bits per heavy atom. The molecule has 7 nitrogen and oxygen atoms in total. The summed E-state index contributed by atoms with van der Waals surface area (Å²) in [6.45, 7) is 5.98. The second-order valence-electron chi connectivity index (χ2n) is 6.26. The summed E-state index contributed by atoms with van der Waals surface area (Å²) in [5.41, 5.74) is 1.45. The van der Waals surface area contributed by atoms with Gasteiger partial charge in [-0.3, -0.25) is 14.2 Å². The summed E-state index contributed by atoms with van der Waals surface area (Å²) in [6, 6.07) is 1.51. The number of fused-ring (bicyclic) bond motifs is 1. The van der Waals surface area contributed by atoms with Gasteiger partial charge in [-0.05, 0) is 18.9 Å². The first-order chi connectivity index (χ1) is 11.3. The predicted octanol–water partition coefficient (Wildman–Crippen LogP) is 2.69. The van der Waals surface area contributed by atoms with Crippen molar-refractivity contribution in [1.29, 1.82) is 0 Å². The Morgan fingerprint density at radius 3 is 2.54 bits per heavy atom. The van der Waals surface area contributed by atoms with E-state index in [4.69, 9.17) is 0 Å². The number of nitrogens with zero attached hydrogens (tertiary/aromatic N) is 4. The van der Waals surface area contributed by atoms with Crippen LogP contribution in [0.5, 0.6) is 5.75 Å². The first-order valence-electron chi connectivity index (χ1n) is 7.77. The fourth-order valence-electron chi connectivity index (χ4n) is 2.74. The molecule has 2 N–H and O–H groups in total. The van der Waals surface area contributed by atoms with Crippen molar-refractivity contribution < 1.29 is 9.90 Å². The van der Waals surface area contributed by atoms with Crippen molar-refractivity contribution in [2.45, 2.75) is 32.7 Å². The smallest absolute Gasteiger partial charge is 0.261 e. The van der Waals surface area contributed by atoms with E-state index in [1.165, 1.54) is 22.2 Å². The topological polar surface area (TPSA) is 85.0 Å². The highest BCUT2D eigenvalue weighted by Crippen LogP contribution is 2.32. The first-order valence-corrected chi connectivity index (χ1v) is 8.59. The number of aromatic hydroxyl groups is 1. The molecule has 3 aromatic rings. The Morgan fingerprint density at radius 2 is 1.96 bits per heavy atom. The summed E-state index contributed by atoms with van der Waals surface area (Å²) in [5.74, 6) is 0.194. The Labute approximate surface area is 143 Å². The lowest BCUT2D eigenvalue weighted by atomic mass is 10.1. The third kappa shape index (κ3) is 2.77. The van der Waals surface area contributed by atoms with Crippen molar-refractivity contribution in [3.63, 3.8) is 0 Å². The van der Waals surface area contributed by atoms with Crippen molar-refractivity contribution >= 4 is 27.5 Å². The number of aromatic nitrogens is 4. The second kappa shape index (κ2) is 5.94.